The molecule has 1 aliphatic heterocycles. The van der Waals surface area contributed by atoms with Gasteiger partial charge < -0.3 is 15.3 Å². The molecule has 2 N–H and O–H groups in total. The molecule has 3 heterocycles. The minimum absolute atomic E-state index is 0.102. The third-order valence-electron chi connectivity index (χ3n) is 5.63. The number of anilines is 1. The van der Waals surface area contributed by atoms with Crippen molar-refractivity contribution in [2.24, 2.45) is 0 Å². The molecule has 2 aromatic heterocycles. The first kappa shape index (κ1) is 22.5. The number of hydrogen-bond acceptors (Lipinski definition) is 5. The summed E-state index contributed by atoms with van der Waals surface area (Å²) in [6.45, 7) is 4.03. The van der Waals surface area contributed by atoms with Crippen molar-refractivity contribution in [3.63, 3.8) is 0 Å². The van der Waals surface area contributed by atoms with Gasteiger partial charge in [-0.25, -0.2) is 32.9 Å². The molecule has 10 heteroatoms. The topological polar surface area (TPSA) is 91.2 Å². The first-order valence-corrected chi connectivity index (χ1v) is 10.4. The third-order valence-corrected chi connectivity index (χ3v) is 5.63. The van der Waals surface area contributed by atoms with Crippen LogP contribution in [0.5, 0.6) is 0 Å². The van der Waals surface area contributed by atoms with Crippen molar-refractivity contribution < 1.29 is 23.1 Å². The number of hydrogen-bond donors (Lipinski definition) is 2. The normalized spacial score (nSPS) is 15.0. The molecule has 0 spiro atoms. The number of carbonyl (C=O) groups is 1. The Balaban J connectivity index is 1.69. The number of nitrogens with zero attached hydrogens (tertiary/aromatic N) is 4. The fourth-order valence-corrected chi connectivity index (χ4v) is 3.87. The lowest BCUT2D eigenvalue weighted by Crippen LogP contribution is -2.33. The average Bonchev–Trinajstić information content (AvgIpc) is 2.78. The van der Waals surface area contributed by atoms with Gasteiger partial charge in [-0.15, -0.1) is 0 Å². The van der Waals surface area contributed by atoms with E-state index in [1.165, 1.54) is 17.0 Å². The van der Waals surface area contributed by atoms with Gasteiger partial charge in [0, 0.05) is 24.8 Å². The Kier molecular flexibility index (Phi) is 6.17. The summed E-state index contributed by atoms with van der Waals surface area (Å²) >= 11 is 0. The summed E-state index contributed by atoms with van der Waals surface area (Å²) in [5.74, 6) is -0.0882. The van der Waals surface area contributed by atoms with Crippen molar-refractivity contribution in [3.05, 3.63) is 64.9 Å². The van der Waals surface area contributed by atoms with Crippen molar-refractivity contribution in [3.8, 4) is 0 Å². The number of aryl methyl sites for hydroxylation is 1. The van der Waals surface area contributed by atoms with Gasteiger partial charge in [0.25, 0.3) is 6.43 Å². The van der Waals surface area contributed by atoms with Gasteiger partial charge in [-0.05, 0) is 37.5 Å². The molecule has 0 unspecified atom stereocenters. The second kappa shape index (κ2) is 9.05. The van der Waals surface area contributed by atoms with Crippen LogP contribution in [0.4, 0.5) is 23.8 Å². The zero-order valence-electron chi connectivity index (χ0n) is 18.0. The fourth-order valence-electron chi connectivity index (χ4n) is 3.87. The summed E-state index contributed by atoms with van der Waals surface area (Å²) in [5, 5.41) is 12.8. The van der Waals surface area contributed by atoms with Crippen molar-refractivity contribution >= 4 is 28.5 Å². The second-order valence-corrected chi connectivity index (χ2v) is 7.84. The molecule has 3 aromatic rings. The van der Waals surface area contributed by atoms with E-state index in [4.69, 9.17) is 5.11 Å². The van der Waals surface area contributed by atoms with E-state index in [1.807, 2.05) is 12.1 Å². The van der Waals surface area contributed by atoms with Gasteiger partial charge in [-0.1, -0.05) is 24.3 Å². The highest BCUT2D eigenvalue weighted by atomic mass is 19.3. The molecule has 0 fully saturated rings. The Morgan fingerprint density at radius 1 is 1.24 bits per heavy atom. The number of benzene rings is 1. The number of halogens is 3. The maximum absolute atomic E-state index is 14.6. The summed E-state index contributed by atoms with van der Waals surface area (Å²) in [7, 11) is 0. The first-order chi connectivity index (χ1) is 15.7. The molecule has 0 radical (unpaired) electrons. The lowest BCUT2D eigenvalue weighted by molar-refractivity contribution is 0.146. The molecule has 0 aliphatic carbocycles. The van der Waals surface area contributed by atoms with Crippen LogP contribution in [0.1, 0.15) is 48.3 Å². The van der Waals surface area contributed by atoms with Crippen LogP contribution in [0, 0.1) is 12.7 Å². The van der Waals surface area contributed by atoms with Gasteiger partial charge >= 0.3 is 6.09 Å². The minimum atomic E-state index is -2.91. The molecule has 33 heavy (non-hydrogen) atoms. The Hall–Kier alpha value is -3.69. The number of aromatic nitrogens is 3. The molecule has 0 saturated heterocycles. The van der Waals surface area contributed by atoms with Gasteiger partial charge in [0.2, 0.25) is 0 Å². The van der Waals surface area contributed by atoms with Gasteiger partial charge in [0.1, 0.15) is 17.5 Å². The predicted molar refractivity (Wildman–Crippen MR) is 118 cm³/mol. The number of carboxylic acid groups (broad SMARTS) is 1. The van der Waals surface area contributed by atoms with Gasteiger partial charge in [-0.3, -0.25) is 0 Å². The van der Waals surface area contributed by atoms with E-state index >= 15 is 0 Å². The number of amides is 1. The predicted octanol–water partition coefficient (Wildman–Crippen LogP) is 5.35. The quantitative estimate of drug-likeness (QED) is 0.537. The summed E-state index contributed by atoms with van der Waals surface area (Å²) in [5.41, 5.74) is 1.66. The zero-order valence-corrected chi connectivity index (χ0v) is 18.0. The fraction of sp³-hybridized carbons (Fsp3) is 0.304. The van der Waals surface area contributed by atoms with Crippen LogP contribution >= 0.6 is 0 Å². The van der Waals surface area contributed by atoms with E-state index in [9.17, 15) is 18.0 Å². The maximum atomic E-state index is 14.6. The molecular formula is C23H22F3N5O2. The molecule has 4 rings (SSSR count). The standard InChI is InChI=1S/C23H22F3N5O2/c1-12(16-4-3-5-17(19(16)24)20(25)26)28-22-18-10-15(11-27-21(18)29-13(2)30-22)14-6-8-31(9-7-14)23(32)33/h3-6,10-12,20H,7-9H2,1-2H3,(H,32,33)(H,27,28,29,30)/t12-/m1/s1. The molecule has 0 saturated carbocycles. The van der Waals surface area contributed by atoms with Crippen molar-refractivity contribution in [2.45, 2.75) is 32.7 Å². The molecule has 1 aromatic carbocycles. The molecule has 1 amide bonds. The summed E-state index contributed by atoms with van der Waals surface area (Å²) < 4.78 is 40.9. The first-order valence-electron chi connectivity index (χ1n) is 10.4. The molecule has 172 valence electrons. The summed E-state index contributed by atoms with van der Waals surface area (Å²) in [6, 6.07) is 5.13. The van der Waals surface area contributed by atoms with Crippen LogP contribution in [-0.2, 0) is 0 Å². The van der Waals surface area contributed by atoms with Crippen LogP contribution in [0.2, 0.25) is 0 Å². The molecule has 1 atom stereocenters. The number of nitrogens with one attached hydrogen (secondary N) is 1. The van der Waals surface area contributed by atoms with Crippen LogP contribution in [-0.4, -0.2) is 44.1 Å². The second-order valence-electron chi connectivity index (χ2n) is 7.84. The highest BCUT2D eigenvalue weighted by Gasteiger charge is 2.21. The highest BCUT2D eigenvalue weighted by molar-refractivity contribution is 5.89. The summed E-state index contributed by atoms with van der Waals surface area (Å²) in [6.07, 6.45) is 0.185. The van der Waals surface area contributed by atoms with Crippen LogP contribution < -0.4 is 5.32 Å². The lowest BCUT2D eigenvalue weighted by atomic mass is 10.00. The van der Waals surface area contributed by atoms with E-state index in [0.717, 1.165) is 17.2 Å². The smallest absolute Gasteiger partial charge is 0.407 e. The largest absolute Gasteiger partial charge is 0.465 e. The summed E-state index contributed by atoms with van der Waals surface area (Å²) in [4.78, 5) is 25.7. The zero-order chi connectivity index (χ0) is 23.7. The van der Waals surface area contributed by atoms with Crippen molar-refractivity contribution in [2.75, 3.05) is 18.4 Å². The van der Waals surface area contributed by atoms with Crippen molar-refractivity contribution in [1.29, 1.82) is 0 Å². The molecule has 7 nitrogen and oxygen atoms in total. The Labute approximate surface area is 188 Å². The van der Waals surface area contributed by atoms with Gasteiger partial charge in [-0.2, -0.15) is 0 Å². The number of alkyl halides is 2. The third kappa shape index (κ3) is 4.59. The maximum Gasteiger partial charge on any atom is 0.407 e. The van der Waals surface area contributed by atoms with E-state index in [-0.39, 0.29) is 12.1 Å². The van der Waals surface area contributed by atoms with E-state index in [2.05, 4.69) is 20.3 Å². The average molecular weight is 457 g/mol. The number of rotatable bonds is 5. The molecular weight excluding hydrogens is 435 g/mol. The van der Waals surface area contributed by atoms with E-state index < -0.39 is 29.9 Å². The lowest BCUT2D eigenvalue weighted by Gasteiger charge is -2.24. The van der Waals surface area contributed by atoms with Gasteiger partial charge in [0.05, 0.1) is 17.0 Å². The van der Waals surface area contributed by atoms with Crippen LogP contribution in [0.3, 0.4) is 0 Å². The molecule has 0 bridgehead atoms. The molecule has 1 aliphatic rings. The monoisotopic (exact) mass is 457 g/mol. The van der Waals surface area contributed by atoms with Gasteiger partial charge in [0.15, 0.2) is 5.65 Å². The Bertz CT molecular complexity index is 1250. The van der Waals surface area contributed by atoms with Crippen molar-refractivity contribution in [1.82, 2.24) is 19.9 Å². The van der Waals surface area contributed by atoms with Crippen LogP contribution in [0.15, 0.2) is 36.5 Å². The Morgan fingerprint density at radius 2 is 2.00 bits per heavy atom. The van der Waals surface area contributed by atoms with Crippen LogP contribution in [0.25, 0.3) is 16.6 Å². The van der Waals surface area contributed by atoms with E-state index in [1.54, 1.807) is 20.0 Å². The number of pyridine rings is 1. The SMILES string of the molecule is Cc1nc(N[C@H](C)c2cccc(C(F)F)c2F)c2cc(C3=CCN(C(=O)O)CC3)cnc2n1. The highest BCUT2D eigenvalue weighted by Crippen LogP contribution is 2.31. The number of fused-ring (bicyclic) bond motifs is 1. The Morgan fingerprint density at radius 3 is 2.67 bits per heavy atom. The minimum Gasteiger partial charge on any atom is -0.465 e. The van der Waals surface area contributed by atoms with E-state index in [0.29, 0.717) is 35.6 Å².